The summed E-state index contributed by atoms with van der Waals surface area (Å²) in [6, 6.07) is 3.89. The number of imidazole rings is 1. The average Bonchev–Trinajstić information content (AvgIpc) is 3.68. The number of aryl methyl sites for hydroxylation is 1. The van der Waals surface area contributed by atoms with Gasteiger partial charge in [0.2, 0.25) is 0 Å². The van der Waals surface area contributed by atoms with Gasteiger partial charge in [0.25, 0.3) is 5.91 Å². The summed E-state index contributed by atoms with van der Waals surface area (Å²) in [5.41, 5.74) is 6.77. The molecule has 0 saturated carbocycles. The number of anilines is 1. The first-order valence-corrected chi connectivity index (χ1v) is 12.0. The van der Waals surface area contributed by atoms with Crippen LogP contribution in [0, 0.1) is 12.8 Å². The normalized spacial score (nSPS) is 19.0. The Bertz CT molecular complexity index is 1480. The fraction of sp³-hybridized carbons (Fsp3) is 0.391. The lowest BCUT2D eigenvalue weighted by molar-refractivity contribution is -0.137. The number of amides is 1. The molecule has 198 valence electrons. The van der Waals surface area contributed by atoms with Crippen LogP contribution in [-0.2, 0) is 6.18 Å². The summed E-state index contributed by atoms with van der Waals surface area (Å²) in [5.74, 6) is 0.739. The fourth-order valence-electron chi connectivity index (χ4n) is 4.95. The van der Waals surface area contributed by atoms with Gasteiger partial charge in [-0.25, -0.2) is 19.6 Å². The van der Waals surface area contributed by atoms with Gasteiger partial charge in [0.1, 0.15) is 22.9 Å². The van der Waals surface area contributed by atoms with Gasteiger partial charge in [-0.2, -0.15) is 13.2 Å². The zero-order valence-electron chi connectivity index (χ0n) is 20.2. The maximum Gasteiger partial charge on any atom is 0.417 e. The lowest BCUT2D eigenvalue weighted by atomic mass is 9.96. The van der Waals surface area contributed by atoms with Crippen molar-refractivity contribution in [1.29, 1.82) is 0 Å². The van der Waals surface area contributed by atoms with E-state index in [9.17, 15) is 18.0 Å². The lowest BCUT2D eigenvalue weighted by Crippen LogP contribution is -2.59. The Kier molecular flexibility index (Phi) is 5.95. The van der Waals surface area contributed by atoms with E-state index < -0.39 is 11.7 Å². The maximum absolute atomic E-state index is 13.3. The van der Waals surface area contributed by atoms with E-state index in [2.05, 4.69) is 41.0 Å². The van der Waals surface area contributed by atoms with Crippen LogP contribution in [-0.4, -0.2) is 79.2 Å². The summed E-state index contributed by atoms with van der Waals surface area (Å²) >= 11 is 0. The molecule has 6 heterocycles. The third-order valence-corrected chi connectivity index (χ3v) is 6.96. The number of alkyl halides is 3. The molecule has 0 radical (unpaired) electrons. The van der Waals surface area contributed by atoms with Crippen LogP contribution in [0.25, 0.3) is 17.2 Å². The smallest absolute Gasteiger partial charge is 0.353 e. The van der Waals surface area contributed by atoms with Crippen LogP contribution < -0.4 is 15.8 Å². The first-order chi connectivity index (χ1) is 18.3. The molecule has 2 N–H and O–H groups in total. The molecule has 4 aromatic heterocycles. The van der Waals surface area contributed by atoms with E-state index in [-0.39, 0.29) is 29.4 Å². The van der Waals surface area contributed by atoms with Crippen LogP contribution >= 0.6 is 0 Å². The van der Waals surface area contributed by atoms with Gasteiger partial charge in [0, 0.05) is 51.0 Å². The first-order valence-electron chi connectivity index (χ1n) is 12.0. The van der Waals surface area contributed by atoms with Crippen molar-refractivity contribution in [2.24, 2.45) is 5.92 Å². The van der Waals surface area contributed by atoms with Crippen molar-refractivity contribution in [3.8, 4) is 11.5 Å². The number of halogens is 3. The topological polar surface area (TPSA) is 130 Å². The highest BCUT2D eigenvalue weighted by atomic mass is 19.4. The molecular formula is C23H23F3N10O2. The number of rotatable bonds is 4. The number of hydrogen-bond donors (Lipinski definition) is 2. The van der Waals surface area contributed by atoms with Crippen molar-refractivity contribution in [1.82, 2.24) is 45.4 Å². The van der Waals surface area contributed by atoms with Crippen LogP contribution in [0.15, 0.2) is 41.4 Å². The van der Waals surface area contributed by atoms with E-state index in [4.69, 9.17) is 4.63 Å². The molecule has 0 spiro atoms. The number of nitrogens with zero attached hydrogens (tertiary/aromatic N) is 8. The first kappa shape index (κ1) is 24.2. The molecule has 0 aromatic carbocycles. The van der Waals surface area contributed by atoms with Crippen LogP contribution in [0.2, 0.25) is 0 Å². The van der Waals surface area contributed by atoms with E-state index in [1.807, 2.05) is 0 Å². The Hall–Kier alpha value is -4.11. The van der Waals surface area contributed by atoms with Crippen molar-refractivity contribution >= 4 is 17.4 Å². The van der Waals surface area contributed by atoms with Crippen molar-refractivity contribution < 1.29 is 22.6 Å². The van der Waals surface area contributed by atoms with Crippen LogP contribution in [0.1, 0.15) is 21.7 Å². The number of piperazine rings is 1. The maximum atomic E-state index is 13.3. The molecule has 0 aliphatic carbocycles. The second kappa shape index (κ2) is 9.33. The van der Waals surface area contributed by atoms with Gasteiger partial charge in [-0.05, 0) is 30.3 Å². The number of pyridine rings is 1. The number of carbonyl (C=O) groups is 1. The molecule has 15 heteroatoms. The molecule has 4 aromatic rings. The molecule has 12 nitrogen and oxygen atoms in total. The van der Waals surface area contributed by atoms with Gasteiger partial charge >= 0.3 is 6.18 Å². The number of hydrazine groups is 1. The summed E-state index contributed by atoms with van der Waals surface area (Å²) in [6.45, 7) is 4.42. The minimum atomic E-state index is -4.49. The van der Waals surface area contributed by atoms with Gasteiger partial charge in [-0.1, -0.05) is 5.16 Å². The molecule has 1 unspecified atom stereocenters. The van der Waals surface area contributed by atoms with Gasteiger partial charge in [-0.15, -0.1) is 0 Å². The van der Waals surface area contributed by atoms with E-state index >= 15 is 0 Å². The minimum absolute atomic E-state index is 0.128. The van der Waals surface area contributed by atoms with Crippen molar-refractivity contribution in [2.45, 2.75) is 19.1 Å². The molecule has 2 fully saturated rings. The molecule has 0 bridgehead atoms. The number of nitrogens with one attached hydrogen (secondary N) is 2. The molecule has 2 aliphatic heterocycles. The Morgan fingerprint density at radius 2 is 1.92 bits per heavy atom. The highest BCUT2D eigenvalue weighted by molar-refractivity contribution is 5.93. The van der Waals surface area contributed by atoms with E-state index in [1.54, 1.807) is 24.1 Å². The standard InChI is InChI=1S/C23H23F3N10O2/c1-13-20(33-38-32-13)22(37)35-7-6-34(12-17(35)14-8-29-30-9-14)19-4-5-27-21(31-19)16-10-28-18-3-2-15(11-36(16)18)23(24,25)26/h2-5,10-11,14,17,29-30H,6-9,12H2,1H3. The third-order valence-electron chi connectivity index (χ3n) is 6.96. The summed E-state index contributed by atoms with van der Waals surface area (Å²) in [4.78, 5) is 30.4. The second-order valence-electron chi connectivity index (χ2n) is 9.26. The van der Waals surface area contributed by atoms with Gasteiger partial charge in [0.15, 0.2) is 11.5 Å². The number of carbonyl (C=O) groups excluding carboxylic acids is 1. The summed E-state index contributed by atoms with van der Waals surface area (Å²) in [6.07, 6.45) is -0.470. The van der Waals surface area contributed by atoms with Gasteiger partial charge < -0.3 is 9.80 Å². The van der Waals surface area contributed by atoms with E-state index in [0.29, 0.717) is 55.6 Å². The number of aromatic nitrogens is 6. The number of hydrogen-bond acceptors (Lipinski definition) is 10. The summed E-state index contributed by atoms with van der Waals surface area (Å²) < 4.78 is 46.0. The zero-order valence-corrected chi connectivity index (χ0v) is 20.2. The summed E-state index contributed by atoms with van der Waals surface area (Å²) in [7, 11) is 0. The highest BCUT2D eigenvalue weighted by Crippen LogP contribution is 2.31. The predicted octanol–water partition coefficient (Wildman–Crippen LogP) is 1.56. The lowest BCUT2D eigenvalue weighted by Gasteiger charge is -2.44. The monoisotopic (exact) mass is 528 g/mol. The van der Waals surface area contributed by atoms with Crippen molar-refractivity contribution in [3.05, 3.63) is 53.7 Å². The largest absolute Gasteiger partial charge is 0.417 e. The highest BCUT2D eigenvalue weighted by Gasteiger charge is 2.39. The second-order valence-corrected chi connectivity index (χ2v) is 9.26. The molecule has 2 saturated heterocycles. The quantitative estimate of drug-likeness (QED) is 0.403. The Labute approximate surface area is 213 Å². The number of fused-ring (bicyclic) bond motifs is 1. The van der Waals surface area contributed by atoms with E-state index in [0.717, 1.165) is 12.3 Å². The Balaban J connectivity index is 1.30. The van der Waals surface area contributed by atoms with Crippen molar-refractivity contribution in [2.75, 3.05) is 37.6 Å². The Morgan fingerprint density at radius 3 is 2.66 bits per heavy atom. The average molecular weight is 528 g/mol. The SMILES string of the molecule is Cc1nonc1C(=O)N1CCN(c2ccnc(-c3cnc4ccc(C(F)(F)F)cn34)n2)CC1C1CNNC1. The van der Waals surface area contributed by atoms with Crippen LogP contribution in [0.5, 0.6) is 0 Å². The molecule has 6 rings (SSSR count). The van der Waals surface area contributed by atoms with E-state index in [1.165, 1.54) is 16.7 Å². The Morgan fingerprint density at radius 1 is 1.11 bits per heavy atom. The molecule has 1 amide bonds. The third kappa shape index (κ3) is 4.32. The summed E-state index contributed by atoms with van der Waals surface area (Å²) in [5, 5.41) is 7.53. The van der Waals surface area contributed by atoms with Gasteiger partial charge in [0.05, 0.1) is 17.8 Å². The molecule has 1 atom stereocenters. The van der Waals surface area contributed by atoms with Crippen molar-refractivity contribution in [3.63, 3.8) is 0 Å². The zero-order chi connectivity index (χ0) is 26.4. The van der Waals surface area contributed by atoms with Crippen LogP contribution in [0.3, 0.4) is 0 Å². The molecule has 2 aliphatic rings. The predicted molar refractivity (Wildman–Crippen MR) is 127 cm³/mol. The van der Waals surface area contributed by atoms with Crippen LogP contribution in [0.4, 0.5) is 19.0 Å². The minimum Gasteiger partial charge on any atom is -0.353 e. The molecular weight excluding hydrogens is 505 g/mol. The van der Waals surface area contributed by atoms with Gasteiger partial charge in [-0.3, -0.25) is 20.0 Å². The molecule has 38 heavy (non-hydrogen) atoms. The fourth-order valence-corrected chi connectivity index (χ4v) is 4.95.